The van der Waals surface area contributed by atoms with Crippen molar-refractivity contribution in [2.75, 3.05) is 10.6 Å². The summed E-state index contributed by atoms with van der Waals surface area (Å²) < 4.78 is 19.5. The summed E-state index contributed by atoms with van der Waals surface area (Å²) in [4.78, 5) is 29.8. The first-order chi connectivity index (χ1) is 16.6. The lowest BCUT2D eigenvalue weighted by Crippen LogP contribution is -2.36. The van der Waals surface area contributed by atoms with E-state index < -0.39 is 17.5 Å². The fraction of sp³-hybridized carbons (Fsp3) is 0.296. The summed E-state index contributed by atoms with van der Waals surface area (Å²) in [7, 11) is 0. The minimum atomic E-state index is -0.693. The molecule has 3 aromatic rings. The van der Waals surface area contributed by atoms with Crippen LogP contribution in [0.5, 0.6) is 0 Å². The molecule has 0 radical (unpaired) electrons. The molecule has 7 nitrogen and oxygen atoms in total. The van der Waals surface area contributed by atoms with E-state index in [1.165, 1.54) is 34.9 Å². The highest BCUT2D eigenvalue weighted by molar-refractivity contribution is 5.95. The maximum absolute atomic E-state index is 14.2. The minimum Gasteiger partial charge on any atom is -0.444 e. The molecule has 0 aliphatic heterocycles. The maximum atomic E-state index is 14.2. The highest BCUT2D eigenvalue weighted by Gasteiger charge is 2.24. The second kappa shape index (κ2) is 9.74. The van der Waals surface area contributed by atoms with Crippen LogP contribution in [0.1, 0.15) is 48.0 Å². The Bertz CT molecular complexity index is 1270. The Morgan fingerprint density at radius 2 is 1.77 bits per heavy atom. The number of ether oxygens (including phenoxy) is 1. The van der Waals surface area contributed by atoms with E-state index in [4.69, 9.17) is 4.74 Å². The molecular formula is C27H29FN4O3. The molecule has 4 rings (SSSR count). The van der Waals surface area contributed by atoms with E-state index in [0.717, 1.165) is 12.8 Å². The molecule has 0 bridgehead atoms. The molecule has 0 saturated carbocycles. The quantitative estimate of drug-likeness (QED) is 0.451. The van der Waals surface area contributed by atoms with Crippen LogP contribution in [0.15, 0.2) is 54.6 Å². The first-order valence-corrected chi connectivity index (χ1v) is 11.5. The van der Waals surface area contributed by atoms with Crippen molar-refractivity contribution >= 4 is 29.2 Å². The number of aromatic nitrogens is 1. The third kappa shape index (κ3) is 6.35. The second-order valence-electron chi connectivity index (χ2n) is 9.71. The highest BCUT2D eigenvalue weighted by atomic mass is 19.1. The van der Waals surface area contributed by atoms with Crippen LogP contribution in [0, 0.1) is 12.7 Å². The smallest absolute Gasteiger partial charge is 0.412 e. The van der Waals surface area contributed by atoms with Crippen LogP contribution in [0.4, 0.5) is 26.4 Å². The van der Waals surface area contributed by atoms with Gasteiger partial charge in [-0.2, -0.15) is 0 Å². The number of aryl methyl sites for hydroxylation is 1. The van der Waals surface area contributed by atoms with Gasteiger partial charge in [0.15, 0.2) is 0 Å². The molecule has 0 spiro atoms. The lowest BCUT2D eigenvalue weighted by molar-refractivity contribution is 0.0635. The highest BCUT2D eigenvalue weighted by Crippen LogP contribution is 2.25. The number of halogens is 1. The number of rotatable bonds is 5. The number of carbonyl (C=O) groups excluding carboxylic acids is 2. The zero-order valence-electron chi connectivity index (χ0n) is 20.2. The van der Waals surface area contributed by atoms with Crippen LogP contribution in [0.25, 0.3) is 0 Å². The summed E-state index contributed by atoms with van der Waals surface area (Å²) in [5, 5.41) is 8.55. The fourth-order valence-electron chi connectivity index (χ4n) is 4.01. The van der Waals surface area contributed by atoms with E-state index in [0.29, 0.717) is 5.69 Å². The number of anilines is 3. The van der Waals surface area contributed by atoms with Gasteiger partial charge < -0.3 is 15.4 Å². The zero-order chi connectivity index (χ0) is 25.2. The Balaban J connectivity index is 1.56. The van der Waals surface area contributed by atoms with Gasteiger partial charge in [-0.05, 0) is 69.9 Å². The number of pyridine rings is 1. The van der Waals surface area contributed by atoms with Gasteiger partial charge in [-0.15, -0.1) is 0 Å². The maximum Gasteiger partial charge on any atom is 0.412 e. The molecule has 1 atom stereocenters. The topological polar surface area (TPSA) is 92.4 Å². The Morgan fingerprint density at radius 1 is 1.03 bits per heavy atom. The van der Waals surface area contributed by atoms with Crippen molar-refractivity contribution in [3.05, 3.63) is 82.8 Å². The molecular weight excluding hydrogens is 447 g/mol. The Kier molecular flexibility index (Phi) is 6.73. The fourth-order valence-corrected chi connectivity index (χ4v) is 4.01. The van der Waals surface area contributed by atoms with Gasteiger partial charge in [0, 0.05) is 12.1 Å². The first-order valence-electron chi connectivity index (χ1n) is 11.5. The number of hydrogen-bond donors (Lipinski definition) is 3. The Hall–Kier alpha value is -3.94. The van der Waals surface area contributed by atoms with Crippen LogP contribution in [0.3, 0.4) is 0 Å². The van der Waals surface area contributed by atoms with E-state index in [9.17, 15) is 14.0 Å². The van der Waals surface area contributed by atoms with E-state index >= 15 is 0 Å². The van der Waals surface area contributed by atoms with E-state index in [-0.39, 0.29) is 29.1 Å². The van der Waals surface area contributed by atoms with Crippen molar-refractivity contribution < 1.29 is 18.7 Å². The summed E-state index contributed by atoms with van der Waals surface area (Å²) in [6.07, 6.45) is 0.796. The minimum absolute atomic E-state index is 0.0634. The number of fused-ring (bicyclic) bond motifs is 1. The normalized spacial score (nSPS) is 14.7. The average molecular weight is 477 g/mol. The molecule has 8 heteroatoms. The summed E-state index contributed by atoms with van der Waals surface area (Å²) in [5.41, 5.74) is 3.51. The molecule has 3 N–H and O–H groups in total. The summed E-state index contributed by atoms with van der Waals surface area (Å²) in [6, 6.07) is 15.4. The summed E-state index contributed by atoms with van der Waals surface area (Å²) >= 11 is 0. The number of nitrogens with one attached hydrogen (secondary N) is 3. The average Bonchev–Trinajstić information content (AvgIpc) is 3.15. The third-order valence-electron chi connectivity index (χ3n) is 5.47. The second-order valence-corrected chi connectivity index (χ2v) is 9.71. The number of amides is 2. The van der Waals surface area contributed by atoms with Gasteiger partial charge in [-0.1, -0.05) is 35.9 Å². The zero-order valence-corrected chi connectivity index (χ0v) is 20.2. The van der Waals surface area contributed by atoms with Gasteiger partial charge in [0.1, 0.15) is 22.9 Å². The van der Waals surface area contributed by atoms with Gasteiger partial charge in [-0.3, -0.25) is 10.1 Å². The molecule has 1 aliphatic rings. The molecule has 182 valence electrons. The number of hydrogen-bond acceptors (Lipinski definition) is 5. The van der Waals surface area contributed by atoms with Crippen molar-refractivity contribution in [3.63, 3.8) is 0 Å². The van der Waals surface area contributed by atoms with Crippen LogP contribution in [-0.4, -0.2) is 28.6 Å². The van der Waals surface area contributed by atoms with E-state index in [1.54, 1.807) is 39.0 Å². The van der Waals surface area contributed by atoms with E-state index in [2.05, 4.69) is 39.1 Å². The standard InChI is InChI=1S/C27H29FN4O3/c1-16-9-10-17-12-19(13-18(17)11-16)29-25(33)23-14-20(30-26(34)35-27(2,3)4)15-24(32-23)31-22-8-6-5-7-21(22)28/h5-11,14-15,19H,12-13H2,1-4H3,(H,29,33)(H2,30,31,32,34). The van der Waals surface area contributed by atoms with Crippen molar-refractivity contribution in [1.82, 2.24) is 10.3 Å². The SMILES string of the molecule is Cc1ccc2c(c1)CC(NC(=O)c1cc(NC(=O)OC(C)(C)C)cc(Nc3ccccc3F)n1)C2. The van der Waals surface area contributed by atoms with Crippen LogP contribution in [0.2, 0.25) is 0 Å². The summed E-state index contributed by atoms with van der Waals surface area (Å²) in [6.45, 7) is 7.31. The van der Waals surface area contributed by atoms with Gasteiger partial charge in [0.2, 0.25) is 0 Å². The molecule has 1 heterocycles. The molecule has 1 aromatic heterocycles. The molecule has 0 saturated heterocycles. The third-order valence-corrected chi connectivity index (χ3v) is 5.47. The monoisotopic (exact) mass is 476 g/mol. The van der Waals surface area contributed by atoms with Crippen LogP contribution < -0.4 is 16.0 Å². The van der Waals surface area contributed by atoms with Gasteiger partial charge >= 0.3 is 6.09 Å². The first kappa shape index (κ1) is 24.2. The molecule has 1 aliphatic carbocycles. The van der Waals surface area contributed by atoms with E-state index in [1.807, 2.05) is 6.92 Å². The van der Waals surface area contributed by atoms with Gasteiger partial charge in [0.05, 0.1) is 11.4 Å². The predicted molar refractivity (Wildman–Crippen MR) is 134 cm³/mol. The number of benzene rings is 2. The Morgan fingerprint density at radius 3 is 2.51 bits per heavy atom. The lowest BCUT2D eigenvalue weighted by Gasteiger charge is -2.20. The predicted octanol–water partition coefficient (Wildman–Crippen LogP) is 5.52. The number of para-hydroxylation sites is 1. The molecule has 0 fully saturated rings. The van der Waals surface area contributed by atoms with Crippen molar-refractivity contribution in [2.45, 2.75) is 52.2 Å². The van der Waals surface area contributed by atoms with Crippen LogP contribution in [-0.2, 0) is 17.6 Å². The van der Waals surface area contributed by atoms with Crippen molar-refractivity contribution in [2.24, 2.45) is 0 Å². The van der Waals surface area contributed by atoms with Crippen LogP contribution >= 0.6 is 0 Å². The lowest BCUT2D eigenvalue weighted by atomic mass is 10.1. The molecule has 35 heavy (non-hydrogen) atoms. The van der Waals surface area contributed by atoms with Gasteiger partial charge in [-0.25, -0.2) is 14.2 Å². The van der Waals surface area contributed by atoms with Gasteiger partial charge in [0.25, 0.3) is 5.91 Å². The summed E-state index contributed by atoms with van der Waals surface area (Å²) in [5.74, 6) is -0.645. The van der Waals surface area contributed by atoms with Crippen molar-refractivity contribution in [3.8, 4) is 0 Å². The molecule has 2 aromatic carbocycles. The number of nitrogens with zero attached hydrogens (tertiary/aromatic N) is 1. The molecule has 1 unspecified atom stereocenters. The van der Waals surface area contributed by atoms with Crippen molar-refractivity contribution in [1.29, 1.82) is 0 Å². The molecule has 2 amide bonds. The Labute approximate surface area is 204 Å². The largest absolute Gasteiger partial charge is 0.444 e. The number of carbonyl (C=O) groups is 2.